The lowest BCUT2D eigenvalue weighted by Crippen LogP contribution is -2.32. The standard InChI is InChI=1S/C17H19FN2O3/c1-3-23-12(2)16(21)19-15-5-4-10-20(17(15)22)11-13-6-8-14(18)9-7-13/h4-10,12H,3,11H2,1-2H3,(H,19,21). The first-order chi connectivity index (χ1) is 11.0. The average Bonchev–Trinajstić information content (AvgIpc) is 2.53. The summed E-state index contributed by atoms with van der Waals surface area (Å²) in [5.74, 6) is -0.699. The Bertz CT molecular complexity index is 725. The molecule has 1 N–H and O–H groups in total. The lowest BCUT2D eigenvalue weighted by molar-refractivity contribution is -0.126. The van der Waals surface area contributed by atoms with Gasteiger partial charge in [0.2, 0.25) is 0 Å². The molecule has 122 valence electrons. The molecule has 0 saturated carbocycles. The maximum absolute atomic E-state index is 12.9. The zero-order valence-electron chi connectivity index (χ0n) is 13.1. The second kappa shape index (κ2) is 7.69. The molecular weight excluding hydrogens is 299 g/mol. The number of ether oxygens (including phenoxy) is 1. The van der Waals surface area contributed by atoms with Crippen LogP contribution in [0.3, 0.4) is 0 Å². The third kappa shape index (κ3) is 4.50. The van der Waals surface area contributed by atoms with Crippen LogP contribution in [0.2, 0.25) is 0 Å². The fourth-order valence-electron chi connectivity index (χ4n) is 2.10. The number of pyridine rings is 1. The van der Waals surface area contributed by atoms with Gasteiger partial charge in [-0.15, -0.1) is 0 Å². The Morgan fingerprint density at radius 2 is 2.00 bits per heavy atom. The first-order valence-electron chi connectivity index (χ1n) is 7.37. The van der Waals surface area contributed by atoms with Crippen molar-refractivity contribution in [2.75, 3.05) is 11.9 Å². The molecule has 1 heterocycles. The van der Waals surface area contributed by atoms with Crippen molar-refractivity contribution in [3.8, 4) is 0 Å². The van der Waals surface area contributed by atoms with E-state index in [2.05, 4.69) is 5.32 Å². The van der Waals surface area contributed by atoms with E-state index >= 15 is 0 Å². The molecule has 2 rings (SSSR count). The summed E-state index contributed by atoms with van der Waals surface area (Å²) < 4.78 is 19.6. The number of benzene rings is 1. The van der Waals surface area contributed by atoms with Crippen LogP contribution in [-0.4, -0.2) is 23.2 Å². The molecule has 0 radical (unpaired) electrons. The minimum atomic E-state index is -0.634. The van der Waals surface area contributed by atoms with Crippen molar-refractivity contribution < 1.29 is 13.9 Å². The van der Waals surface area contributed by atoms with Crippen molar-refractivity contribution in [3.05, 3.63) is 64.3 Å². The van der Waals surface area contributed by atoms with Gasteiger partial charge in [0.05, 0.1) is 6.54 Å². The van der Waals surface area contributed by atoms with Crippen molar-refractivity contribution in [1.29, 1.82) is 0 Å². The van der Waals surface area contributed by atoms with Gasteiger partial charge in [0, 0.05) is 12.8 Å². The average molecular weight is 318 g/mol. The van der Waals surface area contributed by atoms with Gasteiger partial charge in [-0.1, -0.05) is 12.1 Å². The zero-order valence-corrected chi connectivity index (χ0v) is 13.1. The first-order valence-corrected chi connectivity index (χ1v) is 7.37. The minimum absolute atomic E-state index is 0.186. The summed E-state index contributed by atoms with van der Waals surface area (Å²) >= 11 is 0. The van der Waals surface area contributed by atoms with Gasteiger partial charge in [-0.2, -0.15) is 0 Å². The lowest BCUT2D eigenvalue weighted by Gasteiger charge is -2.13. The summed E-state index contributed by atoms with van der Waals surface area (Å²) in [5, 5.41) is 2.57. The van der Waals surface area contributed by atoms with Crippen LogP contribution < -0.4 is 10.9 Å². The monoisotopic (exact) mass is 318 g/mol. The molecule has 6 heteroatoms. The van der Waals surface area contributed by atoms with Crippen LogP contribution in [0.5, 0.6) is 0 Å². The maximum atomic E-state index is 12.9. The first kappa shape index (κ1) is 16.9. The van der Waals surface area contributed by atoms with E-state index in [9.17, 15) is 14.0 Å². The largest absolute Gasteiger partial charge is 0.369 e. The molecule has 1 aromatic carbocycles. The number of hydrogen-bond acceptors (Lipinski definition) is 3. The third-order valence-corrected chi connectivity index (χ3v) is 3.33. The maximum Gasteiger partial charge on any atom is 0.274 e. The van der Waals surface area contributed by atoms with Gasteiger partial charge in [0.25, 0.3) is 11.5 Å². The van der Waals surface area contributed by atoms with Gasteiger partial charge in [-0.25, -0.2) is 4.39 Å². The van der Waals surface area contributed by atoms with E-state index in [1.165, 1.54) is 16.7 Å². The van der Waals surface area contributed by atoms with E-state index in [4.69, 9.17) is 4.74 Å². The van der Waals surface area contributed by atoms with E-state index < -0.39 is 6.10 Å². The second-order valence-corrected chi connectivity index (χ2v) is 5.07. The molecule has 1 amide bonds. The fraction of sp³-hybridized carbons (Fsp3) is 0.294. The number of amides is 1. The number of carbonyl (C=O) groups excluding carboxylic acids is 1. The van der Waals surface area contributed by atoms with Crippen molar-refractivity contribution in [2.24, 2.45) is 0 Å². The number of carbonyl (C=O) groups is 1. The van der Waals surface area contributed by atoms with Crippen LogP contribution in [0.1, 0.15) is 19.4 Å². The molecular formula is C17H19FN2O3. The zero-order chi connectivity index (χ0) is 16.8. The highest BCUT2D eigenvalue weighted by atomic mass is 19.1. The molecule has 0 aliphatic heterocycles. The second-order valence-electron chi connectivity index (χ2n) is 5.07. The lowest BCUT2D eigenvalue weighted by atomic mass is 10.2. The molecule has 0 saturated heterocycles. The van der Waals surface area contributed by atoms with Crippen molar-refractivity contribution in [1.82, 2.24) is 4.57 Å². The quantitative estimate of drug-likeness (QED) is 0.890. The Morgan fingerprint density at radius 1 is 1.30 bits per heavy atom. The third-order valence-electron chi connectivity index (χ3n) is 3.33. The van der Waals surface area contributed by atoms with Gasteiger partial charge in [0.1, 0.15) is 17.6 Å². The molecule has 0 aliphatic carbocycles. The number of rotatable bonds is 6. The van der Waals surface area contributed by atoms with E-state index in [1.807, 2.05) is 0 Å². The molecule has 23 heavy (non-hydrogen) atoms. The Morgan fingerprint density at radius 3 is 2.65 bits per heavy atom. The number of hydrogen-bond donors (Lipinski definition) is 1. The predicted molar refractivity (Wildman–Crippen MR) is 85.9 cm³/mol. The van der Waals surface area contributed by atoms with Crippen molar-refractivity contribution in [2.45, 2.75) is 26.5 Å². The van der Waals surface area contributed by atoms with Gasteiger partial charge in [-0.3, -0.25) is 9.59 Å². The molecule has 1 atom stereocenters. The number of nitrogens with one attached hydrogen (secondary N) is 1. The van der Waals surface area contributed by atoms with E-state index in [-0.39, 0.29) is 23.0 Å². The van der Waals surface area contributed by atoms with Crippen LogP contribution >= 0.6 is 0 Å². The summed E-state index contributed by atoms with van der Waals surface area (Å²) in [4.78, 5) is 24.3. The summed E-state index contributed by atoms with van der Waals surface area (Å²) in [6, 6.07) is 9.13. The smallest absolute Gasteiger partial charge is 0.274 e. The van der Waals surface area contributed by atoms with Gasteiger partial charge < -0.3 is 14.6 Å². The fourth-order valence-corrected chi connectivity index (χ4v) is 2.10. The molecule has 1 aromatic heterocycles. The van der Waals surface area contributed by atoms with Crippen molar-refractivity contribution >= 4 is 11.6 Å². The molecule has 0 aliphatic rings. The number of halogens is 1. The van der Waals surface area contributed by atoms with Crippen molar-refractivity contribution in [3.63, 3.8) is 0 Å². The highest BCUT2D eigenvalue weighted by Crippen LogP contribution is 2.06. The molecule has 0 fully saturated rings. The molecule has 2 aromatic rings. The van der Waals surface area contributed by atoms with E-state index in [0.717, 1.165) is 5.56 Å². The molecule has 5 nitrogen and oxygen atoms in total. The van der Waals surface area contributed by atoms with Crippen LogP contribution in [0.15, 0.2) is 47.4 Å². The van der Waals surface area contributed by atoms with E-state index in [0.29, 0.717) is 13.2 Å². The summed E-state index contributed by atoms with van der Waals surface area (Å²) in [5.41, 5.74) is 0.652. The number of anilines is 1. The summed E-state index contributed by atoms with van der Waals surface area (Å²) in [6.45, 7) is 4.13. The molecule has 0 bridgehead atoms. The highest BCUT2D eigenvalue weighted by molar-refractivity contribution is 5.93. The minimum Gasteiger partial charge on any atom is -0.369 e. The number of aromatic nitrogens is 1. The Balaban J connectivity index is 2.16. The highest BCUT2D eigenvalue weighted by Gasteiger charge is 2.14. The summed E-state index contributed by atoms with van der Waals surface area (Å²) in [6.07, 6.45) is 0.984. The molecule has 0 spiro atoms. The van der Waals surface area contributed by atoms with Crippen LogP contribution in [0.4, 0.5) is 10.1 Å². The Labute approximate surface area is 133 Å². The van der Waals surface area contributed by atoms with Gasteiger partial charge in [0.15, 0.2) is 0 Å². The summed E-state index contributed by atoms with van der Waals surface area (Å²) in [7, 11) is 0. The topological polar surface area (TPSA) is 60.3 Å². The predicted octanol–water partition coefficient (Wildman–Crippen LogP) is 2.40. The van der Waals surface area contributed by atoms with Gasteiger partial charge >= 0.3 is 0 Å². The Kier molecular flexibility index (Phi) is 5.65. The van der Waals surface area contributed by atoms with Gasteiger partial charge in [-0.05, 0) is 43.7 Å². The van der Waals surface area contributed by atoms with Crippen LogP contribution in [0.25, 0.3) is 0 Å². The molecule has 1 unspecified atom stereocenters. The van der Waals surface area contributed by atoms with Crippen LogP contribution in [0, 0.1) is 5.82 Å². The SMILES string of the molecule is CCOC(C)C(=O)Nc1cccn(Cc2ccc(F)cc2)c1=O. The van der Waals surface area contributed by atoms with Crippen LogP contribution in [-0.2, 0) is 16.1 Å². The van der Waals surface area contributed by atoms with E-state index in [1.54, 1.807) is 44.3 Å². The Hall–Kier alpha value is -2.47. The normalized spacial score (nSPS) is 12.0. The number of nitrogens with zero attached hydrogens (tertiary/aromatic N) is 1.